The first-order chi connectivity index (χ1) is 6.51. The van der Waals surface area contributed by atoms with Crippen LogP contribution in [0.25, 0.3) is 0 Å². The Kier molecular flexibility index (Phi) is 1.97. The molecule has 0 atom stereocenters. The van der Waals surface area contributed by atoms with Gasteiger partial charge in [-0.1, -0.05) is 13.0 Å². The van der Waals surface area contributed by atoms with Crippen LogP contribution in [0, 0.1) is 11.0 Å². The molecule has 0 spiro atoms. The highest BCUT2D eigenvalue weighted by atomic mass is 19.1. The lowest BCUT2D eigenvalue weighted by Crippen LogP contribution is -2.55. The number of benzene rings is 1. The first-order valence-electron chi connectivity index (χ1n) is 4.49. The molecule has 14 heavy (non-hydrogen) atoms. The molecule has 2 rings (SSSR count). The SMILES string of the molecule is CC1(c2ccc(N)cc2F)CN([O-])C1. The molecule has 0 aliphatic carbocycles. The maximum absolute atomic E-state index is 13.5. The van der Waals surface area contributed by atoms with E-state index in [0.29, 0.717) is 24.3 Å². The second-order valence-corrected chi connectivity index (χ2v) is 4.10. The van der Waals surface area contributed by atoms with Crippen LogP contribution in [0.1, 0.15) is 12.5 Å². The molecule has 2 N–H and O–H groups in total. The molecule has 1 fully saturated rings. The van der Waals surface area contributed by atoms with Crippen molar-refractivity contribution in [2.24, 2.45) is 0 Å². The number of hydrogen-bond donors (Lipinski definition) is 1. The zero-order valence-corrected chi connectivity index (χ0v) is 7.96. The molecule has 1 saturated heterocycles. The number of halogens is 1. The summed E-state index contributed by atoms with van der Waals surface area (Å²) in [5.74, 6) is -0.319. The molecular formula is C10H12FN2O-. The molecule has 76 valence electrons. The minimum absolute atomic E-state index is 0.319. The predicted molar refractivity (Wildman–Crippen MR) is 53.1 cm³/mol. The van der Waals surface area contributed by atoms with E-state index in [9.17, 15) is 9.60 Å². The van der Waals surface area contributed by atoms with Crippen LogP contribution in [0.15, 0.2) is 18.2 Å². The van der Waals surface area contributed by atoms with Crippen molar-refractivity contribution in [3.8, 4) is 0 Å². The normalized spacial score (nSPS) is 20.5. The van der Waals surface area contributed by atoms with Gasteiger partial charge in [0, 0.05) is 11.1 Å². The van der Waals surface area contributed by atoms with Gasteiger partial charge in [-0.15, -0.1) is 0 Å². The smallest absolute Gasteiger partial charge is 0.129 e. The quantitative estimate of drug-likeness (QED) is 0.690. The summed E-state index contributed by atoms with van der Waals surface area (Å²) in [7, 11) is 0. The largest absolute Gasteiger partial charge is 0.785 e. The van der Waals surface area contributed by atoms with Crippen LogP contribution in [0.5, 0.6) is 0 Å². The van der Waals surface area contributed by atoms with Gasteiger partial charge >= 0.3 is 0 Å². The molecule has 1 aliphatic heterocycles. The van der Waals surface area contributed by atoms with E-state index in [1.807, 2.05) is 6.92 Å². The van der Waals surface area contributed by atoms with Gasteiger partial charge in [0.25, 0.3) is 0 Å². The van der Waals surface area contributed by atoms with Crippen molar-refractivity contribution in [2.75, 3.05) is 18.8 Å². The molecule has 0 unspecified atom stereocenters. The van der Waals surface area contributed by atoms with Crippen LogP contribution < -0.4 is 5.73 Å². The summed E-state index contributed by atoms with van der Waals surface area (Å²) in [5, 5.41) is 11.8. The number of hydrogen-bond acceptors (Lipinski definition) is 3. The monoisotopic (exact) mass is 195 g/mol. The molecule has 4 heteroatoms. The van der Waals surface area contributed by atoms with Gasteiger partial charge in [0.15, 0.2) is 0 Å². The lowest BCUT2D eigenvalue weighted by molar-refractivity contribution is 0.130. The Labute approximate surface area is 81.9 Å². The highest BCUT2D eigenvalue weighted by Crippen LogP contribution is 2.35. The molecule has 1 aromatic rings. The lowest BCUT2D eigenvalue weighted by atomic mass is 9.76. The van der Waals surface area contributed by atoms with Crippen LogP contribution in [-0.4, -0.2) is 18.2 Å². The van der Waals surface area contributed by atoms with Crippen molar-refractivity contribution in [3.05, 3.63) is 34.8 Å². The van der Waals surface area contributed by atoms with Crippen LogP contribution in [-0.2, 0) is 5.41 Å². The molecule has 0 radical (unpaired) electrons. The molecular weight excluding hydrogens is 183 g/mol. The van der Waals surface area contributed by atoms with Crippen molar-refractivity contribution in [1.82, 2.24) is 5.06 Å². The Bertz CT molecular complexity index is 361. The Hall–Kier alpha value is -1.13. The van der Waals surface area contributed by atoms with E-state index in [1.165, 1.54) is 6.07 Å². The first-order valence-corrected chi connectivity index (χ1v) is 4.49. The molecule has 1 aromatic carbocycles. The maximum Gasteiger partial charge on any atom is 0.129 e. The Balaban J connectivity index is 2.33. The first kappa shape index (κ1) is 9.43. The Morgan fingerprint density at radius 1 is 1.50 bits per heavy atom. The summed E-state index contributed by atoms with van der Waals surface area (Å²) in [5.41, 5.74) is 6.09. The molecule has 0 amide bonds. The summed E-state index contributed by atoms with van der Waals surface area (Å²) in [6.45, 7) is 2.59. The number of rotatable bonds is 1. The van der Waals surface area contributed by atoms with E-state index in [2.05, 4.69) is 0 Å². The van der Waals surface area contributed by atoms with Gasteiger partial charge in [0.2, 0.25) is 0 Å². The fraction of sp³-hybridized carbons (Fsp3) is 0.400. The summed E-state index contributed by atoms with van der Waals surface area (Å²) in [6.07, 6.45) is 0. The van der Waals surface area contributed by atoms with Crippen molar-refractivity contribution in [2.45, 2.75) is 12.3 Å². The number of anilines is 1. The standard InChI is InChI=1S/C10H12FN2O/c1-10(5-13(14)6-10)8-3-2-7(12)4-9(8)11/h2-4H,5-6,12H2,1H3/q-1. The minimum Gasteiger partial charge on any atom is -0.785 e. The number of nitrogens with zero attached hydrogens (tertiary/aromatic N) is 1. The highest BCUT2D eigenvalue weighted by Gasteiger charge is 2.37. The average molecular weight is 195 g/mol. The lowest BCUT2D eigenvalue weighted by Gasteiger charge is -2.53. The molecule has 0 bridgehead atoms. The van der Waals surface area contributed by atoms with Crippen LogP contribution in [0.3, 0.4) is 0 Å². The Morgan fingerprint density at radius 2 is 2.14 bits per heavy atom. The topological polar surface area (TPSA) is 52.3 Å². The van der Waals surface area contributed by atoms with Gasteiger partial charge in [0.1, 0.15) is 5.82 Å². The second kappa shape index (κ2) is 2.93. The average Bonchev–Trinajstić information content (AvgIpc) is 2.00. The van der Waals surface area contributed by atoms with Crippen molar-refractivity contribution in [1.29, 1.82) is 0 Å². The highest BCUT2D eigenvalue weighted by molar-refractivity contribution is 5.43. The maximum atomic E-state index is 13.5. The third-order valence-electron chi connectivity index (χ3n) is 2.69. The zero-order chi connectivity index (χ0) is 10.3. The van der Waals surface area contributed by atoms with E-state index in [1.54, 1.807) is 12.1 Å². The summed E-state index contributed by atoms with van der Waals surface area (Å²) in [4.78, 5) is 0. The summed E-state index contributed by atoms with van der Waals surface area (Å²) < 4.78 is 13.5. The van der Waals surface area contributed by atoms with Crippen LogP contribution >= 0.6 is 0 Å². The van der Waals surface area contributed by atoms with Crippen molar-refractivity contribution in [3.63, 3.8) is 0 Å². The minimum atomic E-state index is -0.348. The van der Waals surface area contributed by atoms with E-state index >= 15 is 0 Å². The van der Waals surface area contributed by atoms with Gasteiger partial charge in [-0.3, -0.25) is 0 Å². The third-order valence-corrected chi connectivity index (χ3v) is 2.69. The van der Waals surface area contributed by atoms with E-state index in [-0.39, 0.29) is 11.2 Å². The number of hydroxylamine groups is 2. The van der Waals surface area contributed by atoms with Crippen LogP contribution in [0.2, 0.25) is 0 Å². The van der Waals surface area contributed by atoms with Crippen molar-refractivity contribution >= 4 is 5.69 Å². The van der Waals surface area contributed by atoms with Gasteiger partial charge < -0.3 is 16.0 Å². The number of nitrogens with two attached hydrogens (primary N) is 1. The number of nitrogen functional groups attached to an aromatic ring is 1. The third kappa shape index (κ3) is 1.36. The van der Waals surface area contributed by atoms with E-state index in [4.69, 9.17) is 5.73 Å². The van der Waals surface area contributed by atoms with E-state index < -0.39 is 0 Å². The van der Waals surface area contributed by atoms with E-state index in [0.717, 1.165) is 5.06 Å². The Morgan fingerprint density at radius 3 is 2.64 bits per heavy atom. The molecule has 3 nitrogen and oxygen atoms in total. The second-order valence-electron chi connectivity index (χ2n) is 4.10. The van der Waals surface area contributed by atoms with Gasteiger partial charge in [-0.05, 0) is 30.8 Å². The zero-order valence-electron chi connectivity index (χ0n) is 7.96. The molecule has 1 aliphatic rings. The molecule has 1 heterocycles. The molecule has 0 aromatic heterocycles. The fourth-order valence-corrected chi connectivity index (χ4v) is 1.92. The predicted octanol–water partition coefficient (Wildman–Crippen LogP) is 1.48. The molecule has 0 saturated carbocycles. The van der Waals surface area contributed by atoms with Gasteiger partial charge in [-0.2, -0.15) is 0 Å². The summed E-state index contributed by atoms with van der Waals surface area (Å²) >= 11 is 0. The fourth-order valence-electron chi connectivity index (χ4n) is 1.92. The summed E-state index contributed by atoms with van der Waals surface area (Å²) in [6, 6.07) is 4.63. The van der Waals surface area contributed by atoms with Gasteiger partial charge in [-0.25, -0.2) is 4.39 Å². The van der Waals surface area contributed by atoms with Crippen LogP contribution in [0.4, 0.5) is 10.1 Å². The van der Waals surface area contributed by atoms with Crippen molar-refractivity contribution < 1.29 is 4.39 Å². The van der Waals surface area contributed by atoms with Gasteiger partial charge in [0.05, 0.1) is 0 Å².